The Bertz CT molecular complexity index is 1470. The Morgan fingerprint density at radius 2 is 1.79 bits per heavy atom. The van der Waals surface area contributed by atoms with Crippen LogP contribution in [0, 0.1) is 0 Å². The standard InChI is InChI=1S/C32H43N7O4/c1-31(2,3)42-25-19-39(20-25)28(40)15-23-17-38(30(41)43-32(4,5)6)13-11-21-14-22(8-9-26(21)23)27-10-12-33-29(36-27)35-24-16-34-37(7)18-24/h8-10,12,14,16,18,23,25H,11,13,15,17,19-20H2,1-7H3,(H,33,35,36). The lowest BCUT2D eigenvalue weighted by molar-refractivity contribution is -0.157. The fraction of sp³-hybridized carbons (Fsp3) is 0.531. The molecule has 1 saturated heterocycles. The van der Waals surface area contributed by atoms with Gasteiger partial charge in [-0.15, -0.1) is 0 Å². The van der Waals surface area contributed by atoms with Gasteiger partial charge in [-0.1, -0.05) is 12.1 Å². The Balaban J connectivity index is 1.37. The molecule has 0 radical (unpaired) electrons. The van der Waals surface area contributed by atoms with Crippen LogP contribution in [0.15, 0.2) is 42.9 Å². The minimum absolute atomic E-state index is 0.0524. The van der Waals surface area contributed by atoms with Gasteiger partial charge in [-0.05, 0) is 71.2 Å². The maximum Gasteiger partial charge on any atom is 0.410 e. The Morgan fingerprint density at radius 1 is 1.02 bits per heavy atom. The number of benzene rings is 1. The lowest BCUT2D eigenvalue weighted by atomic mass is 9.89. The monoisotopic (exact) mass is 589 g/mol. The number of fused-ring (bicyclic) bond motifs is 1. The third kappa shape index (κ3) is 7.90. The van der Waals surface area contributed by atoms with Gasteiger partial charge in [0.25, 0.3) is 0 Å². The van der Waals surface area contributed by atoms with Crippen molar-refractivity contribution >= 4 is 23.6 Å². The van der Waals surface area contributed by atoms with E-state index in [0.29, 0.717) is 45.0 Å². The summed E-state index contributed by atoms with van der Waals surface area (Å²) in [6.07, 6.45) is 5.94. The van der Waals surface area contributed by atoms with Crippen molar-refractivity contribution in [2.75, 3.05) is 31.5 Å². The molecule has 11 heteroatoms. The van der Waals surface area contributed by atoms with Crippen LogP contribution in [0.4, 0.5) is 16.4 Å². The highest BCUT2D eigenvalue weighted by Crippen LogP contribution is 2.33. The highest BCUT2D eigenvalue weighted by atomic mass is 16.6. The lowest BCUT2D eigenvalue weighted by Crippen LogP contribution is -2.56. The van der Waals surface area contributed by atoms with E-state index < -0.39 is 5.60 Å². The van der Waals surface area contributed by atoms with Crippen molar-refractivity contribution in [3.05, 3.63) is 54.0 Å². The van der Waals surface area contributed by atoms with Crippen LogP contribution < -0.4 is 5.32 Å². The first-order chi connectivity index (χ1) is 20.2. The van der Waals surface area contributed by atoms with Gasteiger partial charge in [0.2, 0.25) is 11.9 Å². The highest BCUT2D eigenvalue weighted by molar-refractivity contribution is 5.79. The molecule has 11 nitrogen and oxygen atoms in total. The van der Waals surface area contributed by atoms with Gasteiger partial charge in [0.15, 0.2) is 0 Å². The second kappa shape index (κ2) is 11.9. The van der Waals surface area contributed by atoms with E-state index in [0.717, 1.165) is 28.1 Å². The molecule has 1 unspecified atom stereocenters. The molecule has 1 aromatic carbocycles. The SMILES string of the molecule is Cn1cc(Nc2nccc(-c3ccc4c(c3)CCN(C(=O)OC(C)(C)C)CC4CC(=O)N3CC(OC(C)(C)C)C3)n2)cn1. The van der Waals surface area contributed by atoms with Gasteiger partial charge in [0, 0.05) is 63.5 Å². The van der Waals surface area contributed by atoms with E-state index in [1.54, 1.807) is 22.0 Å². The maximum atomic E-state index is 13.4. The van der Waals surface area contributed by atoms with E-state index in [-0.39, 0.29) is 29.6 Å². The van der Waals surface area contributed by atoms with Gasteiger partial charge < -0.3 is 24.6 Å². The van der Waals surface area contributed by atoms with Crippen LogP contribution in [0.3, 0.4) is 0 Å². The predicted molar refractivity (Wildman–Crippen MR) is 164 cm³/mol. The molecule has 1 fully saturated rings. The molecule has 3 aromatic rings. The number of carbonyl (C=O) groups is 2. The van der Waals surface area contributed by atoms with Crippen LogP contribution in [-0.4, -0.2) is 85.0 Å². The van der Waals surface area contributed by atoms with Crippen molar-refractivity contribution in [2.45, 2.75) is 77.6 Å². The predicted octanol–water partition coefficient (Wildman–Crippen LogP) is 4.91. The molecule has 1 atom stereocenters. The molecule has 2 aliphatic heterocycles. The van der Waals surface area contributed by atoms with Crippen molar-refractivity contribution in [1.29, 1.82) is 0 Å². The van der Waals surface area contributed by atoms with E-state index in [1.807, 2.05) is 71.8 Å². The topological polar surface area (TPSA) is 115 Å². The van der Waals surface area contributed by atoms with Gasteiger partial charge in [-0.25, -0.2) is 14.8 Å². The number of aromatic nitrogens is 4. The van der Waals surface area contributed by atoms with Crippen LogP contribution >= 0.6 is 0 Å². The van der Waals surface area contributed by atoms with Crippen LogP contribution in [0.1, 0.15) is 65.0 Å². The molecule has 1 N–H and O–H groups in total. The molecule has 43 heavy (non-hydrogen) atoms. The van der Waals surface area contributed by atoms with Crippen molar-refractivity contribution < 1.29 is 19.1 Å². The van der Waals surface area contributed by atoms with Crippen LogP contribution in [0.25, 0.3) is 11.3 Å². The molecule has 2 aliphatic rings. The fourth-order valence-corrected chi connectivity index (χ4v) is 5.51. The summed E-state index contributed by atoms with van der Waals surface area (Å²) in [6.45, 7) is 13.8. The molecule has 0 bridgehead atoms. The number of ether oxygens (including phenoxy) is 2. The zero-order chi connectivity index (χ0) is 30.9. The zero-order valence-electron chi connectivity index (χ0n) is 26.3. The van der Waals surface area contributed by atoms with Crippen LogP contribution in [0.5, 0.6) is 0 Å². The Morgan fingerprint density at radius 3 is 2.47 bits per heavy atom. The third-order valence-electron chi connectivity index (χ3n) is 7.38. The first-order valence-corrected chi connectivity index (χ1v) is 14.9. The average molecular weight is 590 g/mol. The molecule has 230 valence electrons. The molecule has 4 heterocycles. The molecule has 0 spiro atoms. The number of nitrogens with one attached hydrogen (secondary N) is 1. The number of anilines is 2. The molecule has 0 aliphatic carbocycles. The summed E-state index contributed by atoms with van der Waals surface area (Å²) in [6, 6.07) is 8.12. The summed E-state index contributed by atoms with van der Waals surface area (Å²) in [5.41, 5.74) is 3.84. The summed E-state index contributed by atoms with van der Waals surface area (Å²) in [5, 5.41) is 7.38. The largest absolute Gasteiger partial charge is 0.444 e. The number of nitrogens with zero attached hydrogens (tertiary/aromatic N) is 6. The van der Waals surface area contributed by atoms with E-state index >= 15 is 0 Å². The van der Waals surface area contributed by atoms with Gasteiger partial charge in [-0.2, -0.15) is 5.10 Å². The summed E-state index contributed by atoms with van der Waals surface area (Å²) in [5.74, 6) is 0.382. The van der Waals surface area contributed by atoms with Gasteiger partial charge in [0.05, 0.1) is 29.3 Å². The number of likely N-dealkylation sites (tertiary alicyclic amines) is 1. The molecule has 2 aromatic heterocycles. The van der Waals surface area contributed by atoms with E-state index in [2.05, 4.69) is 27.5 Å². The number of amides is 2. The Labute approximate surface area is 253 Å². The Hall–Kier alpha value is -3.99. The third-order valence-corrected chi connectivity index (χ3v) is 7.38. The number of hydrogen-bond donors (Lipinski definition) is 1. The molecular formula is C32H43N7O4. The number of rotatable bonds is 6. The minimum Gasteiger partial charge on any atom is -0.444 e. The van der Waals surface area contributed by atoms with Crippen LogP contribution in [0.2, 0.25) is 0 Å². The van der Waals surface area contributed by atoms with Crippen molar-refractivity contribution in [1.82, 2.24) is 29.5 Å². The zero-order valence-corrected chi connectivity index (χ0v) is 26.3. The van der Waals surface area contributed by atoms with Crippen LogP contribution in [-0.2, 0) is 27.7 Å². The van der Waals surface area contributed by atoms with E-state index in [1.165, 1.54) is 0 Å². The van der Waals surface area contributed by atoms with E-state index in [9.17, 15) is 9.59 Å². The van der Waals surface area contributed by atoms with Crippen molar-refractivity contribution in [3.8, 4) is 11.3 Å². The maximum absolute atomic E-state index is 13.4. The second-order valence-electron chi connectivity index (χ2n) is 13.4. The molecule has 2 amide bonds. The Kier molecular flexibility index (Phi) is 8.47. The first-order valence-electron chi connectivity index (χ1n) is 14.9. The number of aryl methyl sites for hydroxylation is 1. The highest BCUT2D eigenvalue weighted by Gasteiger charge is 2.37. The fourth-order valence-electron chi connectivity index (χ4n) is 5.51. The quantitative estimate of drug-likeness (QED) is 0.431. The van der Waals surface area contributed by atoms with Gasteiger partial charge >= 0.3 is 6.09 Å². The summed E-state index contributed by atoms with van der Waals surface area (Å²) >= 11 is 0. The second-order valence-corrected chi connectivity index (χ2v) is 13.4. The van der Waals surface area contributed by atoms with Gasteiger partial charge in [-0.3, -0.25) is 9.48 Å². The lowest BCUT2D eigenvalue weighted by Gasteiger charge is -2.42. The van der Waals surface area contributed by atoms with E-state index in [4.69, 9.17) is 14.5 Å². The normalized spacial score (nSPS) is 17.6. The smallest absolute Gasteiger partial charge is 0.410 e. The first kappa shape index (κ1) is 30.5. The number of hydrogen-bond acceptors (Lipinski definition) is 8. The summed E-state index contributed by atoms with van der Waals surface area (Å²) < 4.78 is 13.5. The minimum atomic E-state index is -0.608. The summed E-state index contributed by atoms with van der Waals surface area (Å²) in [7, 11) is 1.85. The summed E-state index contributed by atoms with van der Waals surface area (Å²) in [4.78, 5) is 39.3. The molecule has 5 rings (SSSR count). The van der Waals surface area contributed by atoms with Crippen molar-refractivity contribution in [2.24, 2.45) is 7.05 Å². The van der Waals surface area contributed by atoms with Crippen molar-refractivity contribution in [3.63, 3.8) is 0 Å². The molecular weight excluding hydrogens is 546 g/mol. The van der Waals surface area contributed by atoms with Gasteiger partial charge in [0.1, 0.15) is 5.60 Å². The molecule has 0 saturated carbocycles. The average Bonchev–Trinajstić information content (AvgIpc) is 3.20. The number of carbonyl (C=O) groups excluding carboxylic acids is 2.